The predicted octanol–water partition coefficient (Wildman–Crippen LogP) is 7.73. The van der Waals surface area contributed by atoms with Crippen LogP contribution in [0.2, 0.25) is 0 Å². The quantitative estimate of drug-likeness (QED) is 0.211. The zero-order valence-electron chi connectivity index (χ0n) is 21.1. The van der Waals surface area contributed by atoms with Crippen molar-refractivity contribution >= 4 is 29.0 Å². The number of unbranched alkanes of at least 4 members (excludes halogenated alkanes) is 1. The van der Waals surface area contributed by atoms with Crippen molar-refractivity contribution in [2.75, 3.05) is 16.4 Å². The largest absolute Gasteiger partial charge is 0.381 e. The normalized spacial score (nSPS) is 13.1. The number of allylic oxidation sites excluding steroid dienone is 2. The lowest BCUT2D eigenvalue weighted by Crippen LogP contribution is -2.25. The predicted molar refractivity (Wildman–Crippen MR) is 151 cm³/mol. The third kappa shape index (κ3) is 9.50. The molecule has 0 saturated carbocycles. The number of carbonyl (C=O) groups excluding carboxylic acids is 1. The smallest absolute Gasteiger partial charge is 0.231 e. The first kappa shape index (κ1) is 28.0. The molecule has 0 saturated heterocycles. The molecule has 0 fully saturated rings. The van der Waals surface area contributed by atoms with Gasteiger partial charge in [-0.05, 0) is 72.9 Å². The molecule has 2 aromatic carbocycles. The molecule has 0 aromatic heterocycles. The number of nitriles is 1. The highest BCUT2D eigenvalue weighted by atomic mass is 32.2. The van der Waals surface area contributed by atoms with Crippen molar-refractivity contribution in [2.45, 2.75) is 46.6 Å². The molecule has 0 aliphatic heterocycles. The van der Waals surface area contributed by atoms with Gasteiger partial charge in [-0.15, -0.1) is 18.3 Å². The lowest BCUT2D eigenvalue weighted by atomic mass is 9.90. The summed E-state index contributed by atoms with van der Waals surface area (Å²) in [4.78, 5) is 13.4. The topological polar surface area (TPSA) is 64.9 Å². The van der Waals surface area contributed by atoms with Crippen molar-refractivity contribution in [1.82, 2.24) is 0 Å². The maximum absolute atomic E-state index is 13.4. The molecule has 2 unspecified atom stereocenters. The third-order valence-corrected chi connectivity index (χ3v) is 6.68. The molecule has 0 spiro atoms. The molecule has 2 rings (SSSR count). The summed E-state index contributed by atoms with van der Waals surface area (Å²) in [6.45, 7) is 10.6. The molecular formula is C30H37N3OS. The van der Waals surface area contributed by atoms with Gasteiger partial charge < -0.3 is 10.6 Å². The molecule has 2 N–H and O–H groups in total. The monoisotopic (exact) mass is 487 g/mol. The highest BCUT2D eigenvalue weighted by Crippen LogP contribution is 2.27. The summed E-state index contributed by atoms with van der Waals surface area (Å²) < 4.78 is 0. The van der Waals surface area contributed by atoms with Crippen LogP contribution in [-0.2, 0) is 17.8 Å². The zero-order chi connectivity index (χ0) is 25.5. The Morgan fingerprint density at radius 1 is 1.20 bits per heavy atom. The fourth-order valence-corrected chi connectivity index (χ4v) is 4.63. The highest BCUT2D eigenvalue weighted by Gasteiger charge is 2.22. The van der Waals surface area contributed by atoms with Crippen molar-refractivity contribution in [1.29, 1.82) is 5.26 Å². The Kier molecular flexibility index (Phi) is 12.5. The van der Waals surface area contributed by atoms with Gasteiger partial charge in [0.1, 0.15) is 0 Å². The van der Waals surface area contributed by atoms with Crippen LogP contribution in [0, 0.1) is 23.2 Å². The van der Waals surface area contributed by atoms with Crippen molar-refractivity contribution in [2.24, 2.45) is 11.8 Å². The molecule has 2 aromatic rings. The summed E-state index contributed by atoms with van der Waals surface area (Å²) in [6, 6.07) is 18.5. The number of thioether (sulfide) groups is 1. The van der Waals surface area contributed by atoms with E-state index < -0.39 is 0 Å². The number of aryl methyl sites for hydroxylation is 1. The number of hydrogen-bond donors (Lipinski definition) is 2. The van der Waals surface area contributed by atoms with Gasteiger partial charge in [-0.3, -0.25) is 4.79 Å². The summed E-state index contributed by atoms with van der Waals surface area (Å²) in [7, 11) is 0. The molecule has 4 nitrogen and oxygen atoms in total. The van der Waals surface area contributed by atoms with E-state index >= 15 is 0 Å². The standard InChI is InChI=1S/C30H37N3OS/c1-5-7-19-35-22-28(23(3)6-2)24(4)30(34)33-29-20-25(16-17-26(29)13-11-12-18-31)21-32-27-14-9-8-10-15-27/h5-10,14-17,20,22-24,32H,2,11-13,19,21H2,1,3-4H3,(H,33,34)/b7-5-,28-22+. The number of hydrogen-bond acceptors (Lipinski definition) is 4. The van der Waals surface area contributed by atoms with Crippen LogP contribution in [0.25, 0.3) is 0 Å². The van der Waals surface area contributed by atoms with Gasteiger partial charge in [0.05, 0.1) is 12.0 Å². The van der Waals surface area contributed by atoms with Crippen molar-refractivity contribution in [3.8, 4) is 6.07 Å². The molecular weight excluding hydrogens is 450 g/mol. The van der Waals surface area contributed by atoms with Crippen LogP contribution >= 0.6 is 11.8 Å². The van der Waals surface area contributed by atoms with Gasteiger partial charge in [-0.1, -0.05) is 55.5 Å². The van der Waals surface area contributed by atoms with Crippen molar-refractivity contribution < 1.29 is 4.79 Å². The average Bonchev–Trinajstić information content (AvgIpc) is 2.88. The molecule has 184 valence electrons. The number of nitrogens with zero attached hydrogens (tertiary/aromatic N) is 1. The summed E-state index contributed by atoms with van der Waals surface area (Å²) in [5.41, 5.74) is 5.06. The fourth-order valence-electron chi connectivity index (χ4n) is 3.61. The maximum Gasteiger partial charge on any atom is 0.231 e. The number of carbonyl (C=O) groups is 1. The van der Waals surface area contributed by atoms with Crippen LogP contribution in [-0.4, -0.2) is 11.7 Å². The van der Waals surface area contributed by atoms with Crippen LogP contribution < -0.4 is 10.6 Å². The van der Waals surface area contributed by atoms with Crippen LogP contribution in [0.1, 0.15) is 44.7 Å². The number of nitrogens with one attached hydrogen (secondary N) is 2. The Morgan fingerprint density at radius 2 is 1.97 bits per heavy atom. The second-order valence-corrected chi connectivity index (χ2v) is 9.38. The SMILES string of the molecule is C=CC(C)/C(=C\SC/C=C\C)C(C)C(=O)Nc1cc(CNc2ccccc2)ccc1CCCC#N. The lowest BCUT2D eigenvalue weighted by Gasteiger charge is -2.21. The highest BCUT2D eigenvalue weighted by molar-refractivity contribution is 8.02. The van der Waals surface area contributed by atoms with Crippen LogP contribution in [0.3, 0.4) is 0 Å². The van der Waals surface area contributed by atoms with Gasteiger partial charge in [-0.25, -0.2) is 0 Å². The molecule has 0 bridgehead atoms. The summed E-state index contributed by atoms with van der Waals surface area (Å²) in [5, 5.41) is 17.7. The number of anilines is 2. The molecule has 0 heterocycles. The van der Waals surface area contributed by atoms with E-state index in [-0.39, 0.29) is 17.7 Å². The minimum Gasteiger partial charge on any atom is -0.381 e. The minimum atomic E-state index is -0.292. The number of rotatable bonds is 14. The van der Waals surface area contributed by atoms with E-state index in [9.17, 15) is 4.79 Å². The first-order valence-corrected chi connectivity index (χ1v) is 13.2. The van der Waals surface area contributed by atoms with Crippen LogP contribution in [0.15, 0.2) is 84.3 Å². The molecule has 35 heavy (non-hydrogen) atoms. The number of para-hydroxylation sites is 1. The zero-order valence-corrected chi connectivity index (χ0v) is 21.9. The van der Waals surface area contributed by atoms with Crippen LogP contribution in [0.5, 0.6) is 0 Å². The summed E-state index contributed by atoms with van der Waals surface area (Å²) >= 11 is 1.69. The molecule has 0 aliphatic rings. The van der Waals surface area contributed by atoms with Crippen molar-refractivity contribution in [3.05, 3.63) is 95.4 Å². The first-order valence-electron chi connectivity index (χ1n) is 12.1. The summed E-state index contributed by atoms with van der Waals surface area (Å²) in [6.07, 6.45) is 8.01. The molecule has 0 radical (unpaired) electrons. The van der Waals surface area contributed by atoms with E-state index in [1.54, 1.807) is 11.8 Å². The molecule has 0 aliphatic carbocycles. The lowest BCUT2D eigenvalue weighted by molar-refractivity contribution is -0.118. The first-order chi connectivity index (χ1) is 17.0. The van der Waals surface area contributed by atoms with Crippen LogP contribution in [0.4, 0.5) is 11.4 Å². The Labute approximate surface area is 215 Å². The van der Waals surface area contributed by atoms with Gasteiger partial charge in [-0.2, -0.15) is 5.26 Å². The second kappa shape index (κ2) is 15.6. The minimum absolute atomic E-state index is 0.0358. The van der Waals surface area contributed by atoms with Gasteiger partial charge in [0.2, 0.25) is 5.91 Å². The van der Waals surface area contributed by atoms with E-state index in [4.69, 9.17) is 5.26 Å². The van der Waals surface area contributed by atoms with Gasteiger partial charge in [0, 0.05) is 30.1 Å². The van der Waals surface area contributed by atoms with E-state index in [1.807, 2.05) is 62.4 Å². The van der Waals surface area contributed by atoms with E-state index in [0.717, 1.165) is 46.7 Å². The summed E-state index contributed by atoms with van der Waals surface area (Å²) in [5.74, 6) is 0.647. The Bertz CT molecular complexity index is 1050. The second-order valence-electron chi connectivity index (χ2n) is 8.48. The van der Waals surface area contributed by atoms with Gasteiger partial charge in [0.15, 0.2) is 0 Å². The van der Waals surface area contributed by atoms with E-state index in [0.29, 0.717) is 13.0 Å². The van der Waals surface area contributed by atoms with Crippen molar-refractivity contribution in [3.63, 3.8) is 0 Å². The fraction of sp³-hybridized carbons (Fsp3) is 0.333. The third-order valence-electron chi connectivity index (χ3n) is 5.86. The maximum atomic E-state index is 13.4. The van der Waals surface area contributed by atoms with Gasteiger partial charge >= 0.3 is 0 Å². The van der Waals surface area contributed by atoms with E-state index in [2.05, 4.69) is 53.8 Å². The van der Waals surface area contributed by atoms with Gasteiger partial charge in [0.25, 0.3) is 0 Å². The molecule has 1 amide bonds. The number of benzene rings is 2. The average molecular weight is 488 g/mol. The molecule has 2 atom stereocenters. The Hall–Kier alpha value is -3.23. The Morgan fingerprint density at radius 3 is 2.66 bits per heavy atom. The van der Waals surface area contributed by atoms with E-state index in [1.165, 1.54) is 0 Å². The molecule has 5 heteroatoms. The number of amides is 1. The Balaban J connectivity index is 2.22.